The SMILES string of the molecule is CC[C@H](C)[C@@H](COC(C)(C)C)NC(C)(C)C. The predicted octanol–water partition coefficient (Wildman–Crippen LogP) is 3.60. The lowest BCUT2D eigenvalue weighted by atomic mass is 9.96. The Morgan fingerprint density at radius 1 is 1.06 bits per heavy atom. The monoisotopic (exact) mass is 229 g/mol. The Balaban J connectivity index is 4.33. The van der Waals surface area contributed by atoms with Crippen LogP contribution in [0.4, 0.5) is 0 Å². The molecule has 16 heavy (non-hydrogen) atoms. The Hall–Kier alpha value is -0.0800. The van der Waals surface area contributed by atoms with Gasteiger partial charge < -0.3 is 10.1 Å². The number of hydrogen-bond donors (Lipinski definition) is 1. The smallest absolute Gasteiger partial charge is 0.0629 e. The summed E-state index contributed by atoms with van der Waals surface area (Å²) >= 11 is 0. The maximum Gasteiger partial charge on any atom is 0.0629 e. The molecule has 0 rings (SSSR count). The van der Waals surface area contributed by atoms with Gasteiger partial charge in [0, 0.05) is 11.6 Å². The molecule has 2 heteroatoms. The third-order valence-electron chi connectivity index (χ3n) is 2.65. The molecule has 0 bridgehead atoms. The van der Waals surface area contributed by atoms with E-state index in [2.05, 4.69) is 60.7 Å². The van der Waals surface area contributed by atoms with Crippen molar-refractivity contribution in [2.75, 3.05) is 6.61 Å². The van der Waals surface area contributed by atoms with Crippen LogP contribution in [0.5, 0.6) is 0 Å². The van der Waals surface area contributed by atoms with Crippen LogP contribution in [-0.2, 0) is 4.74 Å². The molecule has 0 aliphatic heterocycles. The highest BCUT2D eigenvalue weighted by atomic mass is 16.5. The molecule has 0 unspecified atom stereocenters. The maximum atomic E-state index is 5.90. The van der Waals surface area contributed by atoms with Gasteiger partial charge in [0.05, 0.1) is 12.2 Å². The minimum Gasteiger partial charge on any atom is -0.374 e. The van der Waals surface area contributed by atoms with Crippen LogP contribution in [0.2, 0.25) is 0 Å². The van der Waals surface area contributed by atoms with E-state index in [0.717, 1.165) is 6.61 Å². The zero-order chi connectivity index (χ0) is 13.0. The molecule has 0 amide bonds. The van der Waals surface area contributed by atoms with E-state index in [9.17, 15) is 0 Å². The quantitative estimate of drug-likeness (QED) is 0.777. The first-order chi connectivity index (χ1) is 7.05. The van der Waals surface area contributed by atoms with Crippen molar-refractivity contribution in [2.45, 2.75) is 79.0 Å². The Morgan fingerprint density at radius 3 is 1.88 bits per heavy atom. The van der Waals surface area contributed by atoms with Crippen LogP contribution >= 0.6 is 0 Å². The molecule has 0 aromatic heterocycles. The van der Waals surface area contributed by atoms with Gasteiger partial charge in [-0.15, -0.1) is 0 Å². The van der Waals surface area contributed by atoms with Gasteiger partial charge in [0.25, 0.3) is 0 Å². The molecule has 0 aliphatic rings. The fourth-order valence-electron chi connectivity index (χ4n) is 1.53. The molecule has 98 valence electrons. The van der Waals surface area contributed by atoms with Crippen LogP contribution in [0.3, 0.4) is 0 Å². The lowest BCUT2D eigenvalue weighted by molar-refractivity contribution is -0.0249. The molecular weight excluding hydrogens is 198 g/mol. The molecule has 0 radical (unpaired) electrons. The third-order valence-corrected chi connectivity index (χ3v) is 2.65. The number of nitrogens with one attached hydrogen (secondary N) is 1. The van der Waals surface area contributed by atoms with Crippen LogP contribution in [0.1, 0.15) is 61.8 Å². The molecule has 0 aliphatic carbocycles. The molecule has 0 saturated heterocycles. The molecule has 2 nitrogen and oxygen atoms in total. The minimum absolute atomic E-state index is 0.0503. The number of ether oxygens (including phenoxy) is 1. The molecule has 0 fully saturated rings. The summed E-state index contributed by atoms with van der Waals surface area (Å²) in [6.07, 6.45) is 1.18. The number of rotatable bonds is 5. The standard InChI is InChI=1S/C14H31NO/c1-9-11(2)12(15-13(3,4)5)10-16-14(6,7)8/h11-12,15H,9-10H2,1-8H3/t11-,12+/m0/s1. The van der Waals surface area contributed by atoms with Crippen LogP contribution in [0.25, 0.3) is 0 Å². The van der Waals surface area contributed by atoms with E-state index in [0.29, 0.717) is 12.0 Å². The second-order valence-electron chi connectivity index (χ2n) is 6.81. The summed E-state index contributed by atoms with van der Waals surface area (Å²) in [5.41, 5.74) is 0.0978. The zero-order valence-electron chi connectivity index (χ0n) is 12.5. The van der Waals surface area contributed by atoms with Gasteiger partial charge in [0.2, 0.25) is 0 Å². The average molecular weight is 229 g/mol. The highest BCUT2D eigenvalue weighted by Gasteiger charge is 2.23. The van der Waals surface area contributed by atoms with E-state index in [1.54, 1.807) is 0 Å². The summed E-state index contributed by atoms with van der Waals surface area (Å²) in [4.78, 5) is 0. The summed E-state index contributed by atoms with van der Waals surface area (Å²) < 4.78 is 5.90. The Labute approximate surface area is 102 Å². The predicted molar refractivity (Wildman–Crippen MR) is 71.8 cm³/mol. The minimum atomic E-state index is -0.0503. The Kier molecular flexibility index (Phi) is 5.99. The van der Waals surface area contributed by atoms with Gasteiger partial charge in [0.15, 0.2) is 0 Å². The molecule has 0 heterocycles. The summed E-state index contributed by atoms with van der Waals surface area (Å²) in [5, 5.41) is 3.65. The van der Waals surface area contributed by atoms with Crippen molar-refractivity contribution in [2.24, 2.45) is 5.92 Å². The summed E-state index contributed by atoms with van der Waals surface area (Å²) in [6.45, 7) is 18.3. The topological polar surface area (TPSA) is 21.3 Å². The van der Waals surface area contributed by atoms with Gasteiger partial charge in [-0.3, -0.25) is 0 Å². The molecular formula is C14H31NO. The van der Waals surface area contributed by atoms with Crippen LogP contribution in [-0.4, -0.2) is 23.8 Å². The highest BCUT2D eigenvalue weighted by Crippen LogP contribution is 2.15. The van der Waals surface area contributed by atoms with Gasteiger partial charge >= 0.3 is 0 Å². The first kappa shape index (κ1) is 15.9. The van der Waals surface area contributed by atoms with Crippen LogP contribution < -0.4 is 5.32 Å². The fourth-order valence-corrected chi connectivity index (χ4v) is 1.53. The Morgan fingerprint density at radius 2 is 1.56 bits per heavy atom. The van der Waals surface area contributed by atoms with Gasteiger partial charge in [-0.2, -0.15) is 0 Å². The molecule has 0 aromatic rings. The first-order valence-electron chi connectivity index (χ1n) is 6.47. The van der Waals surface area contributed by atoms with Crippen LogP contribution in [0.15, 0.2) is 0 Å². The van der Waals surface area contributed by atoms with Crippen molar-refractivity contribution in [3.05, 3.63) is 0 Å². The van der Waals surface area contributed by atoms with E-state index in [4.69, 9.17) is 4.74 Å². The van der Waals surface area contributed by atoms with Crippen molar-refractivity contribution < 1.29 is 4.74 Å². The third kappa shape index (κ3) is 8.12. The number of hydrogen-bond acceptors (Lipinski definition) is 2. The lowest BCUT2D eigenvalue weighted by Crippen LogP contribution is -2.49. The Bertz CT molecular complexity index is 188. The fraction of sp³-hybridized carbons (Fsp3) is 1.00. The molecule has 0 saturated carbocycles. The summed E-state index contributed by atoms with van der Waals surface area (Å²) in [7, 11) is 0. The largest absolute Gasteiger partial charge is 0.374 e. The van der Waals surface area contributed by atoms with Gasteiger partial charge in [-0.25, -0.2) is 0 Å². The van der Waals surface area contributed by atoms with E-state index < -0.39 is 0 Å². The second kappa shape index (κ2) is 6.02. The molecule has 0 spiro atoms. The maximum absolute atomic E-state index is 5.90. The normalized spacial score (nSPS) is 17.2. The average Bonchev–Trinajstić information content (AvgIpc) is 2.07. The van der Waals surface area contributed by atoms with Crippen molar-refractivity contribution >= 4 is 0 Å². The van der Waals surface area contributed by atoms with E-state index in [-0.39, 0.29) is 11.1 Å². The second-order valence-corrected chi connectivity index (χ2v) is 6.81. The van der Waals surface area contributed by atoms with Gasteiger partial charge in [-0.05, 0) is 47.5 Å². The molecule has 1 N–H and O–H groups in total. The lowest BCUT2D eigenvalue weighted by Gasteiger charge is -2.34. The zero-order valence-corrected chi connectivity index (χ0v) is 12.5. The molecule has 2 atom stereocenters. The van der Waals surface area contributed by atoms with E-state index in [1.807, 2.05) is 0 Å². The van der Waals surface area contributed by atoms with E-state index >= 15 is 0 Å². The van der Waals surface area contributed by atoms with Crippen molar-refractivity contribution in [1.82, 2.24) is 5.32 Å². The highest BCUT2D eigenvalue weighted by molar-refractivity contribution is 4.81. The van der Waals surface area contributed by atoms with Crippen LogP contribution in [0, 0.1) is 5.92 Å². The molecule has 0 aromatic carbocycles. The summed E-state index contributed by atoms with van der Waals surface area (Å²) in [5.74, 6) is 0.640. The first-order valence-corrected chi connectivity index (χ1v) is 6.47. The van der Waals surface area contributed by atoms with Gasteiger partial charge in [-0.1, -0.05) is 20.3 Å². The van der Waals surface area contributed by atoms with Crippen molar-refractivity contribution in [3.8, 4) is 0 Å². The van der Waals surface area contributed by atoms with Gasteiger partial charge in [0.1, 0.15) is 0 Å². The van der Waals surface area contributed by atoms with E-state index in [1.165, 1.54) is 6.42 Å². The summed E-state index contributed by atoms with van der Waals surface area (Å²) in [6, 6.07) is 0.434. The van der Waals surface area contributed by atoms with Crippen molar-refractivity contribution in [1.29, 1.82) is 0 Å². The van der Waals surface area contributed by atoms with Crippen molar-refractivity contribution in [3.63, 3.8) is 0 Å².